The van der Waals surface area contributed by atoms with Crippen LogP contribution in [0, 0.1) is 17.7 Å². The van der Waals surface area contributed by atoms with Gasteiger partial charge in [-0.05, 0) is 75.8 Å². The molecule has 2 aromatic carbocycles. The molecule has 6 rings (SSSR count). The molecule has 1 saturated heterocycles. The Morgan fingerprint density at radius 2 is 1.97 bits per heavy atom. The Kier molecular flexibility index (Phi) is 5.43. The summed E-state index contributed by atoms with van der Waals surface area (Å²) in [6.45, 7) is 5.48. The molecule has 2 amide bonds. The lowest BCUT2D eigenvalue weighted by Gasteiger charge is -2.23. The number of aromatic nitrogens is 1. The summed E-state index contributed by atoms with van der Waals surface area (Å²) in [6, 6.07) is 12.2. The standard InChI is InChI=1S/C28H29FN4O3/c1-28(2)27(35)33(14-12-17-11-13-32(16-17)26(34)18-7-8-18)24(31-28)20-10-9-19(15-21(20)29)25-30-22-5-3-4-6-23(22)36-25/h3-6,9-10,15,17-18H,7-8,11-14,16H2,1-2H3/t17-/m0/s1. The number of hydrogen-bond acceptors (Lipinski definition) is 5. The second-order valence-electron chi connectivity index (χ2n) is 10.6. The van der Waals surface area contributed by atoms with Crippen LogP contribution < -0.4 is 0 Å². The number of carbonyl (C=O) groups excluding carboxylic acids is 2. The second kappa shape index (κ2) is 8.54. The van der Waals surface area contributed by atoms with Crippen molar-refractivity contribution in [3.05, 3.63) is 53.8 Å². The molecule has 1 aliphatic carbocycles. The van der Waals surface area contributed by atoms with E-state index in [2.05, 4.69) is 9.98 Å². The van der Waals surface area contributed by atoms with Gasteiger partial charge in [0.15, 0.2) is 5.58 Å². The van der Waals surface area contributed by atoms with Gasteiger partial charge in [-0.25, -0.2) is 9.37 Å². The first-order chi connectivity index (χ1) is 17.3. The van der Waals surface area contributed by atoms with Gasteiger partial charge in [0, 0.05) is 31.1 Å². The fourth-order valence-corrected chi connectivity index (χ4v) is 5.21. The van der Waals surface area contributed by atoms with Gasteiger partial charge < -0.3 is 9.32 Å². The summed E-state index contributed by atoms with van der Waals surface area (Å²) in [5, 5.41) is 0. The molecular formula is C28H29FN4O3. The Hall–Kier alpha value is -3.55. The number of aliphatic imine (C=N–C) groups is 1. The van der Waals surface area contributed by atoms with Gasteiger partial charge in [-0.15, -0.1) is 0 Å². The molecular weight excluding hydrogens is 459 g/mol. The van der Waals surface area contributed by atoms with E-state index in [9.17, 15) is 9.59 Å². The van der Waals surface area contributed by atoms with Crippen molar-refractivity contribution in [2.75, 3.05) is 19.6 Å². The molecule has 3 aliphatic rings. The predicted molar refractivity (Wildman–Crippen MR) is 134 cm³/mol. The van der Waals surface area contributed by atoms with Gasteiger partial charge in [-0.3, -0.25) is 19.5 Å². The quantitative estimate of drug-likeness (QED) is 0.506. The molecule has 3 heterocycles. The highest BCUT2D eigenvalue weighted by Crippen LogP contribution is 2.34. The van der Waals surface area contributed by atoms with E-state index >= 15 is 4.39 Å². The summed E-state index contributed by atoms with van der Waals surface area (Å²) in [4.78, 5) is 38.2. The van der Waals surface area contributed by atoms with Crippen LogP contribution in [-0.4, -0.2) is 57.6 Å². The molecule has 1 atom stereocenters. The lowest BCUT2D eigenvalue weighted by Crippen LogP contribution is -2.41. The largest absolute Gasteiger partial charge is 0.436 e. The number of benzene rings is 2. The lowest BCUT2D eigenvalue weighted by atomic mass is 10.0. The monoisotopic (exact) mass is 488 g/mol. The van der Waals surface area contributed by atoms with Gasteiger partial charge >= 0.3 is 0 Å². The van der Waals surface area contributed by atoms with E-state index in [1.807, 2.05) is 29.2 Å². The maximum atomic E-state index is 15.4. The average molecular weight is 489 g/mol. The molecule has 0 radical (unpaired) electrons. The summed E-state index contributed by atoms with van der Waals surface area (Å²) in [6.07, 6.45) is 3.70. The average Bonchev–Trinajstić information content (AvgIpc) is 3.36. The normalized spacial score (nSPS) is 21.5. The molecule has 7 nitrogen and oxygen atoms in total. The predicted octanol–water partition coefficient (Wildman–Crippen LogP) is 4.65. The van der Waals surface area contributed by atoms with Gasteiger partial charge in [-0.1, -0.05) is 12.1 Å². The SMILES string of the molecule is CC1(C)N=C(c2ccc(-c3nc4ccccc4o3)cc2F)N(CC[C@@H]2CCN(C(=O)C3CC3)C2)C1=O. The molecule has 0 N–H and O–H groups in total. The molecule has 0 bridgehead atoms. The minimum absolute atomic E-state index is 0.135. The minimum atomic E-state index is -0.954. The van der Waals surface area contributed by atoms with Crippen molar-refractivity contribution >= 4 is 28.7 Å². The molecule has 2 fully saturated rings. The number of hydrogen-bond donors (Lipinski definition) is 0. The number of oxazole rings is 1. The maximum absolute atomic E-state index is 15.4. The fraction of sp³-hybridized carbons (Fsp3) is 0.429. The third-order valence-electron chi connectivity index (χ3n) is 7.45. The van der Waals surface area contributed by atoms with Crippen LogP contribution in [0.4, 0.5) is 4.39 Å². The van der Waals surface area contributed by atoms with Crippen LogP contribution in [0.3, 0.4) is 0 Å². The molecule has 1 saturated carbocycles. The van der Waals surface area contributed by atoms with Gasteiger partial charge in [0.05, 0.1) is 5.56 Å². The number of halogens is 1. The Balaban J connectivity index is 1.20. The van der Waals surface area contributed by atoms with Crippen molar-refractivity contribution < 1.29 is 18.4 Å². The summed E-state index contributed by atoms with van der Waals surface area (Å²) in [7, 11) is 0. The highest BCUT2D eigenvalue weighted by Gasteiger charge is 2.43. The van der Waals surface area contributed by atoms with Gasteiger partial charge in [0.25, 0.3) is 5.91 Å². The van der Waals surface area contributed by atoms with E-state index in [-0.39, 0.29) is 23.3 Å². The number of rotatable bonds is 6. The summed E-state index contributed by atoms with van der Waals surface area (Å²) in [5.74, 6) is 0.917. The third-order valence-corrected chi connectivity index (χ3v) is 7.45. The van der Waals surface area contributed by atoms with Crippen LogP contribution in [0.2, 0.25) is 0 Å². The third kappa shape index (κ3) is 4.08. The van der Waals surface area contributed by atoms with Gasteiger partial charge in [0.1, 0.15) is 22.7 Å². The molecule has 1 aromatic heterocycles. The van der Waals surface area contributed by atoms with E-state index in [1.165, 1.54) is 6.07 Å². The second-order valence-corrected chi connectivity index (χ2v) is 10.6. The molecule has 186 valence electrons. The first-order valence-electron chi connectivity index (χ1n) is 12.7. The van der Waals surface area contributed by atoms with Crippen LogP contribution in [0.15, 0.2) is 51.9 Å². The van der Waals surface area contributed by atoms with Crippen molar-refractivity contribution in [2.45, 2.75) is 45.1 Å². The van der Waals surface area contributed by atoms with Crippen LogP contribution >= 0.6 is 0 Å². The zero-order valence-corrected chi connectivity index (χ0v) is 20.5. The molecule has 2 aliphatic heterocycles. The molecule has 8 heteroatoms. The van der Waals surface area contributed by atoms with Crippen molar-refractivity contribution in [3.8, 4) is 11.5 Å². The highest BCUT2D eigenvalue weighted by atomic mass is 19.1. The van der Waals surface area contributed by atoms with Gasteiger partial charge in [0.2, 0.25) is 11.8 Å². The van der Waals surface area contributed by atoms with Crippen LogP contribution in [0.25, 0.3) is 22.6 Å². The number of nitrogens with zero attached hydrogens (tertiary/aromatic N) is 4. The number of para-hydroxylation sites is 2. The molecule has 0 spiro atoms. The van der Waals surface area contributed by atoms with E-state index in [1.54, 1.807) is 30.9 Å². The van der Waals surface area contributed by atoms with E-state index in [4.69, 9.17) is 4.42 Å². The number of fused-ring (bicyclic) bond motifs is 1. The first-order valence-corrected chi connectivity index (χ1v) is 12.7. The summed E-state index contributed by atoms with van der Waals surface area (Å²) >= 11 is 0. The topological polar surface area (TPSA) is 79.0 Å². The Bertz CT molecular complexity index is 1360. The Labute approximate surface area is 209 Å². The van der Waals surface area contributed by atoms with Crippen molar-refractivity contribution in [1.82, 2.24) is 14.8 Å². The van der Waals surface area contributed by atoms with E-state index < -0.39 is 11.4 Å². The fourth-order valence-electron chi connectivity index (χ4n) is 5.21. The number of amides is 2. The first kappa shape index (κ1) is 22.9. The summed E-state index contributed by atoms with van der Waals surface area (Å²) < 4.78 is 21.2. The number of likely N-dealkylation sites (tertiary alicyclic amines) is 1. The lowest BCUT2D eigenvalue weighted by molar-refractivity contribution is -0.132. The zero-order valence-electron chi connectivity index (χ0n) is 20.5. The highest BCUT2D eigenvalue weighted by molar-refractivity contribution is 6.15. The van der Waals surface area contributed by atoms with Crippen molar-refractivity contribution in [2.24, 2.45) is 16.8 Å². The molecule has 3 aromatic rings. The minimum Gasteiger partial charge on any atom is -0.436 e. The van der Waals surface area contributed by atoms with E-state index in [0.717, 1.165) is 38.8 Å². The van der Waals surface area contributed by atoms with Crippen molar-refractivity contribution in [1.29, 1.82) is 0 Å². The Morgan fingerprint density at radius 1 is 1.17 bits per heavy atom. The summed E-state index contributed by atoms with van der Waals surface area (Å²) in [5.41, 5.74) is 1.20. The molecule has 36 heavy (non-hydrogen) atoms. The number of carbonyl (C=O) groups is 2. The van der Waals surface area contributed by atoms with Crippen LogP contribution in [0.1, 0.15) is 45.1 Å². The Morgan fingerprint density at radius 3 is 2.72 bits per heavy atom. The smallest absolute Gasteiger partial charge is 0.255 e. The van der Waals surface area contributed by atoms with Gasteiger partial charge in [-0.2, -0.15) is 0 Å². The van der Waals surface area contributed by atoms with Crippen molar-refractivity contribution in [3.63, 3.8) is 0 Å². The molecule has 0 unspecified atom stereocenters. The van der Waals surface area contributed by atoms with Crippen LogP contribution in [0.5, 0.6) is 0 Å². The number of amidine groups is 1. The van der Waals surface area contributed by atoms with E-state index in [0.29, 0.717) is 40.9 Å². The zero-order chi connectivity index (χ0) is 25.0. The maximum Gasteiger partial charge on any atom is 0.255 e. The van der Waals surface area contributed by atoms with Crippen LogP contribution in [-0.2, 0) is 9.59 Å².